The van der Waals surface area contributed by atoms with Gasteiger partial charge in [0, 0.05) is 25.9 Å². The minimum Gasteiger partial charge on any atom is -0.481 e. The van der Waals surface area contributed by atoms with Crippen LogP contribution in [0, 0.1) is 11.8 Å². The number of carbonyl (C=O) groups is 2. The SMILES string of the molecule is O=C(O)CC1CCCN(C(=O)CC2CCCCCC2)C1. The molecule has 1 atom stereocenters. The minimum absolute atomic E-state index is 0.152. The monoisotopic (exact) mass is 281 g/mol. The van der Waals surface area contributed by atoms with E-state index in [1.54, 1.807) is 0 Å². The van der Waals surface area contributed by atoms with Crippen molar-refractivity contribution in [2.45, 2.75) is 64.2 Å². The highest BCUT2D eigenvalue weighted by atomic mass is 16.4. The van der Waals surface area contributed by atoms with E-state index in [4.69, 9.17) is 5.11 Å². The smallest absolute Gasteiger partial charge is 0.303 e. The van der Waals surface area contributed by atoms with Crippen LogP contribution < -0.4 is 0 Å². The van der Waals surface area contributed by atoms with Crippen LogP contribution in [0.4, 0.5) is 0 Å². The molecule has 0 aromatic rings. The third-order valence-electron chi connectivity index (χ3n) is 4.77. The molecule has 1 heterocycles. The minimum atomic E-state index is -0.743. The Balaban J connectivity index is 1.80. The Bertz CT molecular complexity index is 335. The molecule has 20 heavy (non-hydrogen) atoms. The van der Waals surface area contributed by atoms with Crippen molar-refractivity contribution < 1.29 is 14.7 Å². The number of carboxylic acid groups (broad SMARTS) is 1. The molecule has 0 spiro atoms. The molecular formula is C16H27NO3. The molecule has 1 amide bonds. The zero-order chi connectivity index (χ0) is 14.4. The third-order valence-corrected chi connectivity index (χ3v) is 4.77. The molecule has 1 aliphatic carbocycles. The average Bonchev–Trinajstić information content (AvgIpc) is 2.67. The van der Waals surface area contributed by atoms with Crippen molar-refractivity contribution >= 4 is 11.9 Å². The normalized spacial score (nSPS) is 25.2. The summed E-state index contributed by atoms with van der Waals surface area (Å²) in [7, 11) is 0. The summed E-state index contributed by atoms with van der Waals surface area (Å²) < 4.78 is 0. The van der Waals surface area contributed by atoms with Gasteiger partial charge in [-0.1, -0.05) is 25.7 Å². The van der Waals surface area contributed by atoms with Gasteiger partial charge < -0.3 is 10.0 Å². The van der Waals surface area contributed by atoms with Gasteiger partial charge in [-0.15, -0.1) is 0 Å². The first-order chi connectivity index (χ1) is 9.65. The van der Waals surface area contributed by atoms with Crippen LogP contribution >= 0.6 is 0 Å². The fourth-order valence-electron chi connectivity index (χ4n) is 3.65. The van der Waals surface area contributed by atoms with E-state index in [9.17, 15) is 9.59 Å². The highest BCUT2D eigenvalue weighted by Gasteiger charge is 2.26. The molecule has 1 saturated carbocycles. The van der Waals surface area contributed by atoms with Crippen molar-refractivity contribution in [1.82, 2.24) is 4.90 Å². The Morgan fingerprint density at radius 1 is 0.900 bits per heavy atom. The molecule has 1 unspecified atom stereocenters. The van der Waals surface area contributed by atoms with Gasteiger partial charge in [-0.25, -0.2) is 0 Å². The van der Waals surface area contributed by atoms with E-state index in [1.165, 1.54) is 38.5 Å². The molecule has 2 fully saturated rings. The summed E-state index contributed by atoms with van der Waals surface area (Å²) in [4.78, 5) is 25.1. The molecule has 114 valence electrons. The predicted octanol–water partition coefficient (Wildman–Crippen LogP) is 3.06. The molecule has 4 nitrogen and oxygen atoms in total. The number of nitrogens with zero attached hydrogens (tertiary/aromatic N) is 1. The topological polar surface area (TPSA) is 57.6 Å². The van der Waals surface area contributed by atoms with E-state index in [1.807, 2.05) is 4.90 Å². The predicted molar refractivity (Wildman–Crippen MR) is 77.4 cm³/mol. The number of carbonyl (C=O) groups excluding carboxylic acids is 1. The van der Waals surface area contributed by atoms with Gasteiger partial charge in [0.15, 0.2) is 0 Å². The largest absolute Gasteiger partial charge is 0.481 e. The van der Waals surface area contributed by atoms with Crippen molar-refractivity contribution in [3.05, 3.63) is 0 Å². The molecule has 2 rings (SSSR count). The molecule has 1 aliphatic heterocycles. The van der Waals surface area contributed by atoms with Gasteiger partial charge in [-0.05, 0) is 37.5 Å². The van der Waals surface area contributed by atoms with Crippen molar-refractivity contribution in [3.63, 3.8) is 0 Å². The Hall–Kier alpha value is -1.06. The van der Waals surface area contributed by atoms with Gasteiger partial charge in [0.05, 0.1) is 0 Å². The molecule has 1 saturated heterocycles. The van der Waals surface area contributed by atoms with Gasteiger partial charge in [0.2, 0.25) is 5.91 Å². The Morgan fingerprint density at radius 2 is 1.55 bits per heavy atom. The number of likely N-dealkylation sites (tertiary alicyclic amines) is 1. The lowest BCUT2D eigenvalue weighted by molar-refractivity contribution is -0.141. The van der Waals surface area contributed by atoms with Gasteiger partial charge in [0.25, 0.3) is 0 Å². The van der Waals surface area contributed by atoms with Crippen LogP contribution in [0.3, 0.4) is 0 Å². The number of hydrogen-bond donors (Lipinski definition) is 1. The summed E-state index contributed by atoms with van der Waals surface area (Å²) >= 11 is 0. The highest BCUT2D eigenvalue weighted by molar-refractivity contribution is 5.76. The van der Waals surface area contributed by atoms with E-state index in [0.717, 1.165) is 19.4 Å². The maximum absolute atomic E-state index is 12.4. The van der Waals surface area contributed by atoms with Crippen LogP contribution in [0.2, 0.25) is 0 Å². The lowest BCUT2D eigenvalue weighted by Crippen LogP contribution is -2.41. The molecule has 2 aliphatic rings. The van der Waals surface area contributed by atoms with Crippen LogP contribution in [-0.2, 0) is 9.59 Å². The number of piperidine rings is 1. The second-order valence-corrected chi connectivity index (χ2v) is 6.51. The number of hydrogen-bond acceptors (Lipinski definition) is 2. The third kappa shape index (κ3) is 4.80. The standard InChI is InChI=1S/C16H27NO3/c18-15(10-13-6-3-1-2-4-7-13)17-9-5-8-14(12-17)11-16(19)20/h13-14H,1-12H2,(H,19,20). The second kappa shape index (κ2) is 7.65. The first-order valence-electron chi connectivity index (χ1n) is 8.14. The molecule has 0 aromatic carbocycles. The molecule has 0 aromatic heterocycles. The zero-order valence-corrected chi connectivity index (χ0v) is 12.4. The van der Waals surface area contributed by atoms with E-state index in [2.05, 4.69) is 0 Å². The number of amides is 1. The van der Waals surface area contributed by atoms with Gasteiger partial charge in [0.1, 0.15) is 0 Å². The van der Waals surface area contributed by atoms with Crippen molar-refractivity contribution in [2.24, 2.45) is 11.8 Å². The summed E-state index contributed by atoms with van der Waals surface area (Å²) in [6.45, 7) is 1.47. The zero-order valence-electron chi connectivity index (χ0n) is 12.4. The number of aliphatic carboxylic acids is 1. The van der Waals surface area contributed by atoms with Crippen LogP contribution in [-0.4, -0.2) is 35.0 Å². The van der Waals surface area contributed by atoms with Crippen LogP contribution in [0.1, 0.15) is 64.2 Å². The fourth-order valence-corrected chi connectivity index (χ4v) is 3.65. The molecule has 4 heteroatoms. The highest BCUT2D eigenvalue weighted by Crippen LogP contribution is 2.27. The fraction of sp³-hybridized carbons (Fsp3) is 0.875. The maximum Gasteiger partial charge on any atom is 0.303 e. The summed E-state index contributed by atoms with van der Waals surface area (Å²) in [6, 6.07) is 0. The average molecular weight is 281 g/mol. The summed E-state index contributed by atoms with van der Waals surface area (Å²) in [5.41, 5.74) is 0. The van der Waals surface area contributed by atoms with Gasteiger partial charge in [-0.2, -0.15) is 0 Å². The van der Waals surface area contributed by atoms with E-state index < -0.39 is 5.97 Å². The molecule has 0 bridgehead atoms. The van der Waals surface area contributed by atoms with Gasteiger partial charge in [-0.3, -0.25) is 9.59 Å². The van der Waals surface area contributed by atoms with Crippen LogP contribution in [0.15, 0.2) is 0 Å². The summed E-state index contributed by atoms with van der Waals surface area (Å²) in [5.74, 6) is 0.226. The maximum atomic E-state index is 12.4. The van der Waals surface area contributed by atoms with Crippen molar-refractivity contribution in [3.8, 4) is 0 Å². The first-order valence-corrected chi connectivity index (χ1v) is 8.14. The molecule has 1 N–H and O–H groups in total. The Morgan fingerprint density at radius 3 is 2.20 bits per heavy atom. The van der Waals surface area contributed by atoms with Gasteiger partial charge >= 0.3 is 5.97 Å². The number of rotatable bonds is 4. The van der Waals surface area contributed by atoms with E-state index in [0.29, 0.717) is 18.9 Å². The summed E-state index contributed by atoms with van der Waals surface area (Å²) in [5, 5.41) is 8.88. The molecular weight excluding hydrogens is 254 g/mol. The van der Waals surface area contributed by atoms with Crippen molar-refractivity contribution in [1.29, 1.82) is 0 Å². The number of carboxylic acids is 1. The summed E-state index contributed by atoms with van der Waals surface area (Å²) in [6.07, 6.45) is 10.3. The lowest BCUT2D eigenvalue weighted by atomic mass is 9.92. The van der Waals surface area contributed by atoms with E-state index in [-0.39, 0.29) is 18.2 Å². The van der Waals surface area contributed by atoms with E-state index >= 15 is 0 Å². The molecule has 0 radical (unpaired) electrons. The van der Waals surface area contributed by atoms with Crippen LogP contribution in [0.25, 0.3) is 0 Å². The Kier molecular flexibility index (Phi) is 5.86. The second-order valence-electron chi connectivity index (χ2n) is 6.51. The lowest BCUT2D eigenvalue weighted by Gasteiger charge is -2.33. The van der Waals surface area contributed by atoms with Crippen molar-refractivity contribution in [2.75, 3.05) is 13.1 Å². The Labute approximate surface area is 121 Å². The van der Waals surface area contributed by atoms with Crippen LogP contribution in [0.5, 0.6) is 0 Å². The quantitative estimate of drug-likeness (QED) is 0.806. The first kappa shape index (κ1) is 15.3.